The van der Waals surface area contributed by atoms with Gasteiger partial charge in [0.1, 0.15) is 0 Å². The molecule has 0 saturated carbocycles. The molecule has 0 fully saturated rings. The molecule has 0 radical (unpaired) electrons. The Morgan fingerprint density at radius 1 is 1.11 bits per heavy atom. The monoisotopic (exact) mass is 370 g/mol. The van der Waals surface area contributed by atoms with Crippen LogP contribution < -0.4 is 0 Å². The number of aromatic nitrogens is 1. The number of amides is 2. The van der Waals surface area contributed by atoms with E-state index in [1.54, 1.807) is 36.4 Å². The van der Waals surface area contributed by atoms with Gasteiger partial charge in [-0.2, -0.15) is 0 Å². The summed E-state index contributed by atoms with van der Waals surface area (Å²) in [5.74, 6) is -0.741. The van der Waals surface area contributed by atoms with Gasteiger partial charge in [0, 0.05) is 5.56 Å². The predicted octanol–water partition coefficient (Wildman–Crippen LogP) is 4.25. The first-order valence-electron chi connectivity index (χ1n) is 8.48. The van der Waals surface area contributed by atoms with Gasteiger partial charge in [-0.1, -0.05) is 32.6 Å². The van der Waals surface area contributed by atoms with Crippen LogP contribution in [0.15, 0.2) is 36.9 Å². The van der Waals surface area contributed by atoms with Gasteiger partial charge in [0.25, 0.3) is 11.8 Å². The number of aldehydes is 1. The molecule has 0 aliphatic carbocycles. The second kappa shape index (κ2) is 10.1. The number of pyridine rings is 1. The molecular weight excluding hydrogens is 347 g/mol. The molecule has 1 aliphatic rings. The highest BCUT2D eigenvalue weighted by molar-refractivity contribution is 6.21. The van der Waals surface area contributed by atoms with Gasteiger partial charge in [0.15, 0.2) is 6.29 Å². The van der Waals surface area contributed by atoms with Crippen molar-refractivity contribution < 1.29 is 18.8 Å². The van der Waals surface area contributed by atoms with Gasteiger partial charge in [-0.25, -0.2) is 0 Å². The molecular formula is C21H23FN2O3. The molecule has 3 rings (SSSR count). The molecule has 2 amide bonds. The number of fused-ring (bicyclic) bond motifs is 1. The van der Waals surface area contributed by atoms with Gasteiger partial charge >= 0.3 is 0 Å². The van der Waals surface area contributed by atoms with Crippen LogP contribution >= 0.6 is 0 Å². The number of nitrogens with zero attached hydrogens (tertiary/aromatic N) is 2. The van der Waals surface area contributed by atoms with E-state index in [-0.39, 0.29) is 18.4 Å². The Morgan fingerprint density at radius 3 is 2.07 bits per heavy atom. The Hall–Kier alpha value is -3.15. The fourth-order valence-corrected chi connectivity index (χ4v) is 2.66. The zero-order valence-corrected chi connectivity index (χ0v) is 16.0. The van der Waals surface area contributed by atoms with Gasteiger partial charge in [0.05, 0.1) is 36.2 Å². The summed E-state index contributed by atoms with van der Waals surface area (Å²) < 4.78 is 9.50. The highest BCUT2D eigenvalue weighted by Gasteiger charge is 2.35. The smallest absolute Gasteiger partial charge is 0.261 e. The number of benzene rings is 1. The number of carbonyl (C=O) groups is 3. The normalized spacial score (nSPS) is 11.7. The molecule has 0 atom stereocenters. The lowest BCUT2D eigenvalue weighted by atomic mass is 10.1. The maximum atomic E-state index is 12.4. The minimum absolute atomic E-state index is 0.0401. The van der Waals surface area contributed by atoms with Gasteiger partial charge in [-0.15, -0.1) is 0 Å². The van der Waals surface area contributed by atoms with Crippen LogP contribution in [0.5, 0.6) is 0 Å². The second-order valence-corrected chi connectivity index (χ2v) is 5.29. The van der Waals surface area contributed by atoms with Gasteiger partial charge in [0.2, 0.25) is 0 Å². The van der Waals surface area contributed by atoms with Crippen LogP contribution in [0.3, 0.4) is 0 Å². The molecule has 1 aromatic heterocycles. The Balaban J connectivity index is 0.000000855. The zero-order valence-electron chi connectivity index (χ0n) is 16.0. The largest absolute Gasteiger partial charge is 0.298 e. The molecule has 142 valence electrons. The molecule has 1 aliphatic heterocycles. The van der Waals surface area contributed by atoms with Gasteiger partial charge in [-0.3, -0.25) is 28.7 Å². The number of aryl methyl sites for hydroxylation is 1. The van der Waals surface area contributed by atoms with E-state index >= 15 is 0 Å². The van der Waals surface area contributed by atoms with Crippen LogP contribution in [0.4, 0.5) is 4.39 Å². The molecule has 0 N–H and O–H groups in total. The van der Waals surface area contributed by atoms with Crippen LogP contribution in [0.1, 0.15) is 61.9 Å². The fraction of sp³-hybridized carbons (Fsp3) is 0.238. The Morgan fingerprint density at radius 2 is 1.63 bits per heavy atom. The second-order valence-electron chi connectivity index (χ2n) is 5.29. The summed E-state index contributed by atoms with van der Waals surface area (Å²) in [5, 5.41) is 0. The van der Waals surface area contributed by atoms with Crippen molar-refractivity contribution in [1.82, 2.24) is 9.88 Å². The minimum atomic E-state index is -0.370. The molecule has 2 heterocycles. The molecule has 0 unspecified atom stereocenters. The van der Waals surface area contributed by atoms with E-state index in [0.717, 1.165) is 10.5 Å². The highest BCUT2D eigenvalue weighted by atomic mass is 19.1. The molecule has 0 bridgehead atoms. The fourth-order valence-electron chi connectivity index (χ4n) is 2.66. The first-order chi connectivity index (χ1) is 13.1. The van der Waals surface area contributed by atoms with Crippen molar-refractivity contribution in [3.63, 3.8) is 0 Å². The summed E-state index contributed by atoms with van der Waals surface area (Å²) in [6, 6.07) is 8.35. The summed E-state index contributed by atoms with van der Waals surface area (Å²) in [6.07, 6.45) is 2.26. The number of rotatable bonds is 4. The summed E-state index contributed by atoms with van der Waals surface area (Å²) in [7, 11) is 0.500. The van der Waals surface area contributed by atoms with E-state index in [0.29, 0.717) is 41.5 Å². The van der Waals surface area contributed by atoms with Crippen molar-refractivity contribution >= 4 is 24.2 Å². The van der Waals surface area contributed by atoms with E-state index in [9.17, 15) is 18.8 Å². The standard InChI is InChI=1S/C18H14N2O3.C2H6.CH3F/c1-3-15-11(2)8-12(10-21)16(19-15)9-20-17(22)13-6-4-5-7-14(13)18(20)23;2*1-2/h3-8,10H,1,9H2,2H3;1-2H3;1H3. The number of halogens is 1. The minimum Gasteiger partial charge on any atom is -0.298 e. The van der Waals surface area contributed by atoms with Crippen molar-refractivity contribution in [2.24, 2.45) is 0 Å². The topological polar surface area (TPSA) is 67.3 Å². The number of imide groups is 1. The summed E-state index contributed by atoms with van der Waals surface area (Å²) in [6.45, 7) is 9.47. The Bertz CT molecular complexity index is 828. The Labute approximate surface area is 158 Å². The van der Waals surface area contributed by atoms with E-state index < -0.39 is 0 Å². The first kappa shape index (κ1) is 21.9. The maximum Gasteiger partial charge on any atom is 0.261 e. The third-order valence-electron chi connectivity index (χ3n) is 3.87. The lowest BCUT2D eigenvalue weighted by molar-refractivity contribution is 0.0639. The number of alkyl halides is 1. The predicted molar refractivity (Wildman–Crippen MR) is 103 cm³/mol. The summed E-state index contributed by atoms with van der Waals surface area (Å²) >= 11 is 0. The van der Waals surface area contributed by atoms with Crippen LogP contribution in [0.25, 0.3) is 6.08 Å². The lowest BCUT2D eigenvalue weighted by Gasteiger charge is -2.15. The lowest BCUT2D eigenvalue weighted by Crippen LogP contribution is -2.30. The van der Waals surface area contributed by atoms with Gasteiger partial charge < -0.3 is 0 Å². The van der Waals surface area contributed by atoms with Crippen LogP contribution in [0, 0.1) is 6.92 Å². The van der Waals surface area contributed by atoms with E-state index in [4.69, 9.17) is 0 Å². The SMILES string of the molecule is C=Cc1nc(CN2C(=O)c3ccccc3C2=O)c(C=O)cc1C.CC.CF. The molecule has 0 spiro atoms. The quantitative estimate of drug-likeness (QED) is 0.596. The first-order valence-corrected chi connectivity index (χ1v) is 8.48. The van der Waals surface area contributed by atoms with E-state index in [1.165, 1.54) is 0 Å². The van der Waals surface area contributed by atoms with Crippen LogP contribution in [-0.4, -0.2) is 35.2 Å². The van der Waals surface area contributed by atoms with Crippen molar-refractivity contribution in [1.29, 1.82) is 0 Å². The third-order valence-corrected chi connectivity index (χ3v) is 3.87. The van der Waals surface area contributed by atoms with Crippen molar-refractivity contribution in [2.75, 3.05) is 7.18 Å². The van der Waals surface area contributed by atoms with Gasteiger partial charge in [-0.05, 0) is 36.8 Å². The molecule has 5 nitrogen and oxygen atoms in total. The van der Waals surface area contributed by atoms with Crippen LogP contribution in [-0.2, 0) is 6.54 Å². The number of hydrogen-bond donors (Lipinski definition) is 0. The van der Waals surface area contributed by atoms with Crippen LogP contribution in [0.2, 0.25) is 0 Å². The molecule has 6 heteroatoms. The molecule has 2 aromatic rings. The number of carbonyl (C=O) groups excluding carboxylic acids is 3. The number of hydrogen-bond acceptors (Lipinski definition) is 4. The van der Waals surface area contributed by atoms with Crippen molar-refractivity contribution in [2.45, 2.75) is 27.3 Å². The average molecular weight is 370 g/mol. The van der Waals surface area contributed by atoms with E-state index in [2.05, 4.69) is 11.6 Å². The Kier molecular flexibility index (Phi) is 8.20. The third kappa shape index (κ3) is 4.34. The molecule has 0 saturated heterocycles. The van der Waals surface area contributed by atoms with Crippen molar-refractivity contribution in [3.8, 4) is 0 Å². The molecule has 1 aromatic carbocycles. The van der Waals surface area contributed by atoms with E-state index in [1.807, 2.05) is 20.8 Å². The average Bonchev–Trinajstić information content (AvgIpc) is 2.97. The maximum absolute atomic E-state index is 12.4. The van der Waals surface area contributed by atoms with Crippen molar-refractivity contribution in [3.05, 3.63) is 70.6 Å². The molecule has 27 heavy (non-hydrogen) atoms. The zero-order chi connectivity index (χ0) is 20.6. The summed E-state index contributed by atoms with van der Waals surface area (Å²) in [5.41, 5.74) is 2.94. The summed E-state index contributed by atoms with van der Waals surface area (Å²) in [4.78, 5) is 41.6. The highest BCUT2D eigenvalue weighted by Crippen LogP contribution is 2.25.